The van der Waals surface area contributed by atoms with Gasteiger partial charge < -0.3 is 15.8 Å². The fraction of sp³-hybridized carbons (Fsp3) is 0.0714. The van der Waals surface area contributed by atoms with E-state index in [1.807, 2.05) is 12.1 Å². The van der Waals surface area contributed by atoms with E-state index < -0.39 is 5.82 Å². The van der Waals surface area contributed by atoms with Crippen molar-refractivity contribution >= 4 is 28.0 Å². The van der Waals surface area contributed by atoms with Gasteiger partial charge in [0.1, 0.15) is 0 Å². The van der Waals surface area contributed by atoms with Crippen LogP contribution in [-0.2, 0) is 0 Å². The minimum atomic E-state index is -0.407. The van der Waals surface area contributed by atoms with Crippen molar-refractivity contribution in [2.24, 2.45) is 0 Å². The van der Waals surface area contributed by atoms with E-state index in [4.69, 9.17) is 10.5 Å². The highest BCUT2D eigenvalue weighted by molar-refractivity contribution is 5.89. The highest BCUT2D eigenvalue weighted by Gasteiger charge is 2.07. The average molecular weight is 272 g/mol. The zero-order valence-electron chi connectivity index (χ0n) is 10.8. The summed E-state index contributed by atoms with van der Waals surface area (Å²) in [5.41, 5.74) is 8.85. The van der Waals surface area contributed by atoms with Gasteiger partial charge in [0.05, 0.1) is 30.2 Å². The van der Waals surface area contributed by atoms with Crippen LogP contribution in [0.15, 0.2) is 36.5 Å². The van der Waals surface area contributed by atoms with E-state index in [1.165, 1.54) is 13.2 Å². The third kappa shape index (κ3) is 2.11. The smallest absolute Gasteiger partial charge is 0.165 e. The highest BCUT2D eigenvalue weighted by Crippen LogP contribution is 2.29. The molecule has 6 heteroatoms. The number of methoxy groups -OCH3 is 1. The molecule has 0 amide bonds. The van der Waals surface area contributed by atoms with Crippen molar-refractivity contribution in [2.45, 2.75) is 0 Å². The van der Waals surface area contributed by atoms with Gasteiger partial charge in [-0.25, -0.2) is 4.39 Å². The molecule has 0 fully saturated rings. The second-order valence-corrected chi connectivity index (χ2v) is 4.37. The van der Waals surface area contributed by atoms with E-state index in [2.05, 4.69) is 15.5 Å². The van der Waals surface area contributed by atoms with Crippen molar-refractivity contribution < 1.29 is 9.13 Å². The lowest BCUT2D eigenvalue weighted by atomic mass is 10.2. The average Bonchev–Trinajstić information content (AvgIpc) is 2.88. The fourth-order valence-corrected chi connectivity index (χ4v) is 2.01. The van der Waals surface area contributed by atoms with E-state index in [0.717, 1.165) is 16.6 Å². The summed E-state index contributed by atoms with van der Waals surface area (Å²) in [6, 6.07) is 8.21. The van der Waals surface area contributed by atoms with Gasteiger partial charge in [0.15, 0.2) is 11.6 Å². The number of hydrogen-bond donors (Lipinski definition) is 3. The summed E-state index contributed by atoms with van der Waals surface area (Å²) in [5, 5.41) is 10.9. The minimum Gasteiger partial charge on any atom is -0.494 e. The molecule has 0 unspecified atom stereocenters. The molecule has 3 aromatic rings. The number of nitrogens with two attached hydrogens (primary N) is 1. The van der Waals surface area contributed by atoms with Crippen LogP contribution in [0, 0.1) is 5.82 Å². The summed E-state index contributed by atoms with van der Waals surface area (Å²) in [6.07, 6.45) is 1.70. The molecule has 0 bridgehead atoms. The van der Waals surface area contributed by atoms with Gasteiger partial charge in [-0.15, -0.1) is 0 Å². The van der Waals surface area contributed by atoms with Crippen LogP contribution in [0.4, 0.5) is 21.5 Å². The Morgan fingerprint density at radius 1 is 1.30 bits per heavy atom. The van der Waals surface area contributed by atoms with Crippen LogP contribution in [0.25, 0.3) is 10.9 Å². The Kier molecular flexibility index (Phi) is 2.90. The largest absolute Gasteiger partial charge is 0.494 e. The standard InChI is InChI=1S/C14H13FN4O/c1-20-14-5-9(2-3-10(14)15)18-13-6-12-8(4-11(13)16)7-17-19-12/h2-7,18H,16H2,1H3,(H,17,19). The second-order valence-electron chi connectivity index (χ2n) is 4.37. The van der Waals surface area contributed by atoms with E-state index in [0.29, 0.717) is 11.4 Å². The Hall–Kier alpha value is -2.76. The summed E-state index contributed by atoms with van der Waals surface area (Å²) in [5.74, 6) is -0.230. The van der Waals surface area contributed by atoms with E-state index in [1.54, 1.807) is 18.3 Å². The summed E-state index contributed by atoms with van der Waals surface area (Å²) >= 11 is 0. The van der Waals surface area contributed by atoms with Gasteiger partial charge in [-0.2, -0.15) is 5.10 Å². The summed E-state index contributed by atoms with van der Waals surface area (Å²) < 4.78 is 18.3. The molecule has 1 aromatic heterocycles. The first-order valence-corrected chi connectivity index (χ1v) is 6.00. The Morgan fingerprint density at radius 2 is 2.15 bits per heavy atom. The van der Waals surface area contributed by atoms with Crippen LogP contribution >= 0.6 is 0 Å². The third-order valence-corrected chi connectivity index (χ3v) is 3.04. The first kappa shape index (κ1) is 12.3. The van der Waals surface area contributed by atoms with Crippen molar-refractivity contribution in [2.75, 3.05) is 18.2 Å². The highest BCUT2D eigenvalue weighted by atomic mass is 19.1. The predicted molar refractivity (Wildman–Crippen MR) is 76.7 cm³/mol. The third-order valence-electron chi connectivity index (χ3n) is 3.04. The molecule has 2 aromatic carbocycles. The van der Waals surface area contributed by atoms with Crippen molar-refractivity contribution in [1.29, 1.82) is 0 Å². The number of ether oxygens (including phenoxy) is 1. The number of nitrogen functional groups attached to an aromatic ring is 1. The number of benzene rings is 2. The molecule has 4 N–H and O–H groups in total. The molecule has 0 radical (unpaired) electrons. The number of hydrogen-bond acceptors (Lipinski definition) is 4. The molecule has 0 aliphatic carbocycles. The topological polar surface area (TPSA) is 76.0 Å². The SMILES string of the molecule is COc1cc(Nc2cc3[nH]ncc3cc2N)ccc1F. The predicted octanol–water partition coefficient (Wildman–Crippen LogP) is 3.04. The number of rotatable bonds is 3. The molecule has 0 spiro atoms. The maximum Gasteiger partial charge on any atom is 0.165 e. The van der Waals surface area contributed by atoms with E-state index in [9.17, 15) is 4.39 Å². The molecule has 0 aliphatic heterocycles. The number of aromatic amines is 1. The summed E-state index contributed by atoms with van der Waals surface area (Å²) in [4.78, 5) is 0. The van der Waals surface area contributed by atoms with Crippen LogP contribution in [0.2, 0.25) is 0 Å². The van der Waals surface area contributed by atoms with Crippen molar-refractivity contribution in [3.05, 3.63) is 42.3 Å². The number of anilines is 3. The van der Waals surface area contributed by atoms with Crippen LogP contribution < -0.4 is 15.8 Å². The normalized spacial score (nSPS) is 10.7. The number of nitrogens with one attached hydrogen (secondary N) is 2. The van der Waals surface area contributed by atoms with E-state index >= 15 is 0 Å². The van der Waals surface area contributed by atoms with Crippen LogP contribution in [0.3, 0.4) is 0 Å². The van der Waals surface area contributed by atoms with Crippen LogP contribution in [-0.4, -0.2) is 17.3 Å². The lowest BCUT2D eigenvalue weighted by Crippen LogP contribution is -1.97. The van der Waals surface area contributed by atoms with Crippen molar-refractivity contribution in [3.8, 4) is 5.75 Å². The van der Waals surface area contributed by atoms with Gasteiger partial charge in [-0.3, -0.25) is 5.10 Å². The summed E-state index contributed by atoms with van der Waals surface area (Å²) in [6.45, 7) is 0. The van der Waals surface area contributed by atoms with Crippen molar-refractivity contribution in [3.63, 3.8) is 0 Å². The Balaban J connectivity index is 1.97. The Morgan fingerprint density at radius 3 is 2.95 bits per heavy atom. The van der Waals surface area contributed by atoms with Gasteiger partial charge in [0.25, 0.3) is 0 Å². The summed E-state index contributed by atoms with van der Waals surface area (Å²) in [7, 11) is 1.42. The quantitative estimate of drug-likeness (QED) is 0.640. The van der Waals surface area contributed by atoms with Crippen LogP contribution in [0.1, 0.15) is 0 Å². The lowest BCUT2D eigenvalue weighted by Gasteiger charge is -2.11. The van der Waals surface area contributed by atoms with E-state index in [-0.39, 0.29) is 5.75 Å². The number of halogens is 1. The maximum absolute atomic E-state index is 13.4. The fourth-order valence-electron chi connectivity index (χ4n) is 2.01. The van der Waals surface area contributed by atoms with Gasteiger partial charge in [-0.1, -0.05) is 0 Å². The van der Waals surface area contributed by atoms with Gasteiger partial charge in [0, 0.05) is 17.1 Å². The van der Waals surface area contributed by atoms with Crippen LogP contribution in [0.5, 0.6) is 5.75 Å². The molecule has 0 saturated heterocycles. The number of fused-ring (bicyclic) bond motifs is 1. The molecular weight excluding hydrogens is 259 g/mol. The monoisotopic (exact) mass is 272 g/mol. The zero-order chi connectivity index (χ0) is 14.1. The molecule has 20 heavy (non-hydrogen) atoms. The molecule has 3 rings (SSSR count). The zero-order valence-corrected chi connectivity index (χ0v) is 10.8. The molecule has 5 nitrogen and oxygen atoms in total. The Labute approximate surface area is 114 Å². The number of nitrogens with zero attached hydrogens (tertiary/aromatic N) is 1. The molecular formula is C14H13FN4O. The molecule has 1 heterocycles. The first-order chi connectivity index (χ1) is 9.67. The second kappa shape index (κ2) is 4.73. The maximum atomic E-state index is 13.4. The minimum absolute atomic E-state index is 0.177. The molecule has 0 atom stereocenters. The molecule has 102 valence electrons. The molecule has 0 aliphatic rings. The number of aromatic nitrogens is 2. The van der Waals surface area contributed by atoms with Crippen molar-refractivity contribution in [1.82, 2.24) is 10.2 Å². The Bertz CT molecular complexity index is 769. The van der Waals surface area contributed by atoms with Gasteiger partial charge in [0.2, 0.25) is 0 Å². The first-order valence-electron chi connectivity index (χ1n) is 6.00. The lowest BCUT2D eigenvalue weighted by molar-refractivity contribution is 0.387. The number of H-pyrrole nitrogens is 1. The van der Waals surface area contributed by atoms with Gasteiger partial charge in [-0.05, 0) is 24.3 Å². The van der Waals surface area contributed by atoms with Gasteiger partial charge >= 0.3 is 0 Å². The molecule has 0 saturated carbocycles.